The van der Waals surface area contributed by atoms with Gasteiger partial charge in [-0.25, -0.2) is 10.3 Å². The molecule has 1 aromatic heterocycles. The van der Waals surface area contributed by atoms with Crippen LogP contribution in [0.15, 0.2) is 44.9 Å². The summed E-state index contributed by atoms with van der Waals surface area (Å²) >= 11 is 0. The molecule has 0 saturated carbocycles. The van der Waals surface area contributed by atoms with E-state index in [1.54, 1.807) is 14.1 Å². The predicted molar refractivity (Wildman–Crippen MR) is 121 cm³/mol. The van der Waals surface area contributed by atoms with E-state index < -0.39 is 0 Å². The van der Waals surface area contributed by atoms with Crippen LogP contribution < -0.4 is 16.7 Å². The van der Waals surface area contributed by atoms with Crippen LogP contribution >= 0.6 is 0 Å². The van der Waals surface area contributed by atoms with Gasteiger partial charge in [-0.05, 0) is 45.1 Å². The van der Waals surface area contributed by atoms with E-state index in [1.807, 2.05) is 32.0 Å². The number of benzene rings is 1. The molecule has 31 heavy (non-hydrogen) atoms. The third-order valence-electron chi connectivity index (χ3n) is 5.37. The molecule has 3 rings (SSSR count). The Labute approximate surface area is 182 Å². The lowest BCUT2D eigenvalue weighted by Gasteiger charge is -2.20. The summed E-state index contributed by atoms with van der Waals surface area (Å²) in [4.78, 5) is 35.9. The zero-order valence-corrected chi connectivity index (χ0v) is 18.8. The van der Waals surface area contributed by atoms with Crippen molar-refractivity contribution in [2.45, 2.75) is 52.2 Å². The van der Waals surface area contributed by atoms with Gasteiger partial charge in [0.25, 0.3) is 5.56 Å². The molecule has 0 radical (unpaired) electrons. The van der Waals surface area contributed by atoms with Gasteiger partial charge < -0.3 is 9.57 Å². The molecule has 1 aliphatic rings. The largest absolute Gasteiger partial charge is 0.478 e. The van der Waals surface area contributed by atoms with Crippen LogP contribution in [0.4, 0.5) is 5.82 Å². The number of nitrogens with zero attached hydrogens (tertiary/aromatic N) is 3. The summed E-state index contributed by atoms with van der Waals surface area (Å²) in [6.45, 7) is 4.62. The molecule has 0 spiro atoms. The summed E-state index contributed by atoms with van der Waals surface area (Å²) in [7, 11) is 3.34. The summed E-state index contributed by atoms with van der Waals surface area (Å²) < 4.78 is 8.82. The second kappa shape index (κ2) is 10.5. The van der Waals surface area contributed by atoms with E-state index in [9.17, 15) is 9.59 Å². The van der Waals surface area contributed by atoms with E-state index in [0.717, 1.165) is 12.8 Å². The molecule has 1 atom stereocenters. The predicted octanol–water partition coefficient (Wildman–Crippen LogP) is 2.35. The fourth-order valence-corrected chi connectivity index (χ4v) is 3.86. The van der Waals surface area contributed by atoms with Gasteiger partial charge in [0, 0.05) is 26.6 Å². The minimum Gasteiger partial charge on any atom is -0.478 e. The first-order chi connectivity index (χ1) is 14.9. The highest BCUT2D eigenvalue weighted by Crippen LogP contribution is 2.27. The molecule has 2 aromatic rings. The summed E-state index contributed by atoms with van der Waals surface area (Å²) in [6, 6.07) is 10.2. The van der Waals surface area contributed by atoms with E-state index in [2.05, 4.69) is 17.6 Å². The van der Waals surface area contributed by atoms with Gasteiger partial charge in [0.15, 0.2) is 5.90 Å². The number of fused-ring (bicyclic) bond motifs is 1. The van der Waals surface area contributed by atoms with Gasteiger partial charge in [-0.15, -0.1) is 0 Å². The Morgan fingerprint density at radius 3 is 2.65 bits per heavy atom. The molecule has 0 bridgehead atoms. The zero-order valence-electron chi connectivity index (χ0n) is 18.8. The molecule has 1 unspecified atom stereocenters. The number of ether oxygens (including phenoxy) is 1. The van der Waals surface area contributed by atoms with Gasteiger partial charge in [0.1, 0.15) is 5.82 Å². The lowest BCUT2D eigenvalue weighted by atomic mass is 9.93. The van der Waals surface area contributed by atoms with Crippen molar-refractivity contribution in [3.63, 3.8) is 0 Å². The second-order valence-electron chi connectivity index (χ2n) is 8.05. The summed E-state index contributed by atoms with van der Waals surface area (Å²) in [5.74, 6) is 1.03. The van der Waals surface area contributed by atoms with Crippen molar-refractivity contribution < 1.29 is 9.57 Å². The maximum atomic E-state index is 13.2. The minimum atomic E-state index is -0.373. The molecule has 8 nitrogen and oxygen atoms in total. The number of aromatic nitrogens is 2. The van der Waals surface area contributed by atoms with Crippen molar-refractivity contribution in [1.29, 1.82) is 0 Å². The van der Waals surface area contributed by atoms with Crippen molar-refractivity contribution in [2.24, 2.45) is 18.0 Å². The Kier molecular flexibility index (Phi) is 7.81. The molecule has 1 aliphatic heterocycles. The average Bonchev–Trinajstić information content (AvgIpc) is 2.92. The standard InChI is InChI=1S/C23H32N4O4/c1-16(2)31-21-18(15-17-9-6-5-7-10-17)11-12-19-20(25-21)26(4)23(29)27(22(19)28)13-8-14-30-24-3/h5-7,9-10,16,18,24H,8,11-15H2,1-4H3. The van der Waals surface area contributed by atoms with Crippen molar-refractivity contribution >= 4 is 11.7 Å². The Bertz CT molecular complexity index is 1020. The van der Waals surface area contributed by atoms with Gasteiger partial charge in [-0.1, -0.05) is 30.3 Å². The fraction of sp³-hybridized carbons (Fsp3) is 0.522. The first-order valence-corrected chi connectivity index (χ1v) is 10.8. The van der Waals surface area contributed by atoms with Crippen molar-refractivity contribution in [1.82, 2.24) is 14.6 Å². The van der Waals surface area contributed by atoms with Gasteiger partial charge in [0.2, 0.25) is 0 Å². The topological polar surface area (TPSA) is 86.8 Å². The monoisotopic (exact) mass is 428 g/mol. The molecule has 0 fully saturated rings. The first kappa shape index (κ1) is 23.0. The molecular formula is C23H32N4O4. The highest BCUT2D eigenvalue weighted by atomic mass is 16.6. The number of nitrogens with one attached hydrogen (secondary N) is 1. The second-order valence-corrected chi connectivity index (χ2v) is 8.05. The normalized spacial score (nSPS) is 16.0. The van der Waals surface area contributed by atoms with Crippen LogP contribution in [0.5, 0.6) is 0 Å². The molecular weight excluding hydrogens is 396 g/mol. The summed E-state index contributed by atoms with van der Waals surface area (Å²) in [5, 5.41) is 0. The fourth-order valence-electron chi connectivity index (χ4n) is 3.86. The molecule has 2 heterocycles. The van der Waals surface area contributed by atoms with Crippen LogP contribution in [-0.2, 0) is 36.0 Å². The van der Waals surface area contributed by atoms with Gasteiger partial charge >= 0.3 is 5.69 Å². The van der Waals surface area contributed by atoms with Crippen molar-refractivity contribution in [3.8, 4) is 0 Å². The first-order valence-electron chi connectivity index (χ1n) is 10.8. The quantitative estimate of drug-likeness (QED) is 0.515. The Balaban J connectivity index is 1.98. The Morgan fingerprint density at radius 1 is 1.23 bits per heavy atom. The number of rotatable bonds is 8. The van der Waals surface area contributed by atoms with Gasteiger partial charge in [-0.3, -0.25) is 13.9 Å². The maximum Gasteiger partial charge on any atom is 0.332 e. The summed E-state index contributed by atoms with van der Waals surface area (Å²) in [6.07, 6.45) is 2.54. The molecule has 8 heteroatoms. The zero-order chi connectivity index (χ0) is 22.4. The Hall–Kier alpha value is -2.71. The average molecular weight is 429 g/mol. The van der Waals surface area contributed by atoms with Crippen LogP contribution in [0.1, 0.15) is 37.8 Å². The minimum absolute atomic E-state index is 0.0316. The number of aliphatic imine (C=N–C) groups is 1. The van der Waals surface area contributed by atoms with Gasteiger partial charge in [0.05, 0.1) is 18.3 Å². The number of hydrogen-bond donors (Lipinski definition) is 1. The molecule has 0 amide bonds. The lowest BCUT2D eigenvalue weighted by Crippen LogP contribution is -2.41. The van der Waals surface area contributed by atoms with Crippen molar-refractivity contribution in [2.75, 3.05) is 13.7 Å². The van der Waals surface area contributed by atoms with E-state index in [1.165, 1.54) is 14.7 Å². The lowest BCUT2D eigenvalue weighted by molar-refractivity contribution is 0.0539. The van der Waals surface area contributed by atoms with Crippen LogP contribution in [0.2, 0.25) is 0 Å². The summed E-state index contributed by atoms with van der Waals surface area (Å²) in [5.41, 5.74) is 3.71. The van der Waals surface area contributed by atoms with Crippen molar-refractivity contribution in [3.05, 3.63) is 62.3 Å². The van der Waals surface area contributed by atoms with Crippen LogP contribution in [0.3, 0.4) is 0 Å². The van der Waals surface area contributed by atoms with E-state index in [0.29, 0.717) is 43.3 Å². The smallest absolute Gasteiger partial charge is 0.332 e. The highest BCUT2D eigenvalue weighted by Gasteiger charge is 2.27. The van der Waals surface area contributed by atoms with E-state index in [4.69, 9.17) is 14.6 Å². The number of hydroxylamine groups is 1. The third kappa shape index (κ3) is 5.51. The highest BCUT2D eigenvalue weighted by molar-refractivity contribution is 5.82. The third-order valence-corrected chi connectivity index (χ3v) is 5.37. The maximum absolute atomic E-state index is 13.2. The molecule has 1 aromatic carbocycles. The van der Waals surface area contributed by atoms with Crippen LogP contribution in [0, 0.1) is 5.92 Å². The Morgan fingerprint density at radius 2 is 1.97 bits per heavy atom. The van der Waals surface area contributed by atoms with Crippen LogP contribution in [0.25, 0.3) is 0 Å². The van der Waals surface area contributed by atoms with E-state index >= 15 is 0 Å². The van der Waals surface area contributed by atoms with Gasteiger partial charge in [-0.2, -0.15) is 4.99 Å². The van der Waals surface area contributed by atoms with E-state index in [-0.39, 0.29) is 23.3 Å². The molecule has 1 N–H and O–H groups in total. The van der Waals surface area contributed by atoms with Crippen LogP contribution in [-0.4, -0.2) is 34.8 Å². The molecule has 168 valence electrons. The molecule has 0 aliphatic carbocycles. The molecule has 0 saturated heterocycles. The number of hydrogen-bond acceptors (Lipinski definition) is 6. The SMILES string of the molecule is CNOCCCn1c(=O)c2c(n(C)c1=O)N=C(OC(C)C)C(Cc1ccccc1)CC2.